The third-order valence-corrected chi connectivity index (χ3v) is 5.24. The van der Waals surface area contributed by atoms with Crippen molar-refractivity contribution < 1.29 is 14.5 Å². The lowest BCUT2D eigenvalue weighted by molar-refractivity contribution is -0.704. The summed E-state index contributed by atoms with van der Waals surface area (Å²) in [6.07, 6.45) is 5.08. The van der Waals surface area contributed by atoms with E-state index in [0.717, 1.165) is 38.2 Å². The molecule has 1 aliphatic heterocycles. The van der Waals surface area contributed by atoms with Gasteiger partial charge in [-0.1, -0.05) is 30.3 Å². The standard InChI is InChI=1S/C21H29NO2/c1-17(22-15-19-10-7-12-23-19)14-21(18-8-5-4-6-9-18)11-13-24-20(2,3)16-21/h4-10,12,17,22H,11,13-16H2,1-3H3/p+1/t17-,21-/m0/s1. The van der Waals surface area contributed by atoms with Gasteiger partial charge in [-0.3, -0.25) is 0 Å². The summed E-state index contributed by atoms with van der Waals surface area (Å²) in [5.74, 6) is 1.04. The Hall–Kier alpha value is -1.58. The van der Waals surface area contributed by atoms with Crippen LogP contribution in [-0.2, 0) is 16.7 Å². The van der Waals surface area contributed by atoms with Crippen molar-refractivity contribution in [3.8, 4) is 0 Å². The number of furan rings is 1. The van der Waals surface area contributed by atoms with Gasteiger partial charge in [0.05, 0.1) is 17.9 Å². The number of quaternary nitrogens is 1. The van der Waals surface area contributed by atoms with Crippen LogP contribution in [0.15, 0.2) is 53.1 Å². The van der Waals surface area contributed by atoms with Crippen molar-refractivity contribution in [3.63, 3.8) is 0 Å². The summed E-state index contributed by atoms with van der Waals surface area (Å²) in [6.45, 7) is 8.52. The van der Waals surface area contributed by atoms with Crippen LogP contribution in [0.3, 0.4) is 0 Å². The van der Waals surface area contributed by atoms with E-state index in [0.29, 0.717) is 6.04 Å². The van der Waals surface area contributed by atoms with E-state index < -0.39 is 0 Å². The highest BCUT2D eigenvalue weighted by molar-refractivity contribution is 5.27. The van der Waals surface area contributed by atoms with Gasteiger partial charge in [0.1, 0.15) is 6.54 Å². The third-order valence-electron chi connectivity index (χ3n) is 5.24. The zero-order valence-corrected chi connectivity index (χ0v) is 15.1. The Labute approximate surface area is 145 Å². The van der Waals surface area contributed by atoms with Crippen molar-refractivity contribution in [1.29, 1.82) is 0 Å². The molecule has 0 aliphatic carbocycles. The van der Waals surface area contributed by atoms with Crippen molar-refractivity contribution in [2.75, 3.05) is 6.61 Å². The summed E-state index contributed by atoms with van der Waals surface area (Å²) in [5, 5.41) is 2.39. The van der Waals surface area contributed by atoms with E-state index in [2.05, 4.69) is 56.4 Å². The van der Waals surface area contributed by atoms with Gasteiger partial charge < -0.3 is 14.5 Å². The molecule has 2 heterocycles. The molecule has 1 aromatic carbocycles. The van der Waals surface area contributed by atoms with Crippen molar-refractivity contribution >= 4 is 0 Å². The largest absolute Gasteiger partial charge is 0.463 e. The van der Waals surface area contributed by atoms with Crippen LogP contribution in [0, 0.1) is 0 Å². The number of rotatable bonds is 6. The van der Waals surface area contributed by atoms with E-state index in [1.165, 1.54) is 5.56 Å². The lowest BCUT2D eigenvalue weighted by Gasteiger charge is -2.46. The minimum atomic E-state index is -0.0607. The fourth-order valence-corrected chi connectivity index (χ4v) is 4.25. The van der Waals surface area contributed by atoms with Gasteiger partial charge in [0.15, 0.2) is 5.76 Å². The summed E-state index contributed by atoms with van der Waals surface area (Å²) >= 11 is 0. The molecule has 1 aromatic heterocycles. The molecule has 0 radical (unpaired) electrons. The molecule has 0 spiro atoms. The van der Waals surface area contributed by atoms with Crippen LogP contribution in [0.25, 0.3) is 0 Å². The summed E-state index contributed by atoms with van der Waals surface area (Å²) < 4.78 is 11.5. The van der Waals surface area contributed by atoms with Gasteiger partial charge >= 0.3 is 0 Å². The van der Waals surface area contributed by atoms with Crippen LogP contribution < -0.4 is 5.32 Å². The molecular weight excluding hydrogens is 298 g/mol. The summed E-state index contributed by atoms with van der Waals surface area (Å²) in [5.41, 5.74) is 1.59. The minimum Gasteiger partial charge on any atom is -0.463 e. The minimum absolute atomic E-state index is 0.0607. The number of benzene rings is 1. The number of hydrogen-bond acceptors (Lipinski definition) is 2. The second-order valence-electron chi connectivity index (χ2n) is 7.88. The van der Waals surface area contributed by atoms with Gasteiger partial charge in [0, 0.05) is 18.4 Å². The molecule has 2 atom stereocenters. The molecular formula is C21H30NO2+. The molecule has 130 valence electrons. The van der Waals surface area contributed by atoms with Crippen LogP contribution in [0.1, 0.15) is 51.4 Å². The van der Waals surface area contributed by atoms with E-state index >= 15 is 0 Å². The molecule has 0 amide bonds. The van der Waals surface area contributed by atoms with E-state index in [4.69, 9.17) is 9.15 Å². The van der Waals surface area contributed by atoms with E-state index in [-0.39, 0.29) is 11.0 Å². The normalized spacial score (nSPS) is 24.6. The van der Waals surface area contributed by atoms with Crippen LogP contribution >= 0.6 is 0 Å². The summed E-state index contributed by atoms with van der Waals surface area (Å²) in [7, 11) is 0. The highest BCUT2D eigenvalue weighted by atomic mass is 16.5. The van der Waals surface area contributed by atoms with Gasteiger partial charge in [0.2, 0.25) is 0 Å². The summed E-state index contributed by atoms with van der Waals surface area (Å²) in [6, 6.07) is 15.6. The first kappa shape index (κ1) is 17.2. The maximum atomic E-state index is 6.02. The first-order valence-corrected chi connectivity index (χ1v) is 9.04. The maximum absolute atomic E-state index is 6.02. The fourth-order valence-electron chi connectivity index (χ4n) is 4.25. The molecule has 0 bridgehead atoms. The van der Waals surface area contributed by atoms with Crippen molar-refractivity contribution in [2.24, 2.45) is 0 Å². The molecule has 0 saturated carbocycles. The topological polar surface area (TPSA) is 39.0 Å². The number of hydrogen-bond donors (Lipinski definition) is 1. The molecule has 3 rings (SSSR count). The Morgan fingerprint density at radius 1 is 1.12 bits per heavy atom. The molecule has 3 nitrogen and oxygen atoms in total. The monoisotopic (exact) mass is 328 g/mol. The summed E-state index contributed by atoms with van der Waals surface area (Å²) in [4.78, 5) is 0. The van der Waals surface area contributed by atoms with Crippen LogP contribution in [-0.4, -0.2) is 18.2 Å². The smallest absolute Gasteiger partial charge is 0.157 e. The molecule has 1 aliphatic rings. The van der Waals surface area contributed by atoms with E-state index in [9.17, 15) is 0 Å². The second-order valence-corrected chi connectivity index (χ2v) is 7.88. The van der Waals surface area contributed by atoms with E-state index in [1.54, 1.807) is 6.26 Å². The predicted octanol–water partition coefficient (Wildman–Crippen LogP) is 3.65. The SMILES string of the molecule is C[C@@H](C[C@@]1(c2ccccc2)CCOC(C)(C)C1)[NH2+]Cc1ccco1. The third kappa shape index (κ3) is 4.08. The zero-order chi connectivity index (χ0) is 17.0. The number of ether oxygens (including phenoxy) is 1. The Kier molecular flexibility index (Phi) is 5.12. The van der Waals surface area contributed by atoms with Gasteiger partial charge in [0.25, 0.3) is 0 Å². The highest BCUT2D eigenvalue weighted by Gasteiger charge is 2.43. The Morgan fingerprint density at radius 2 is 1.92 bits per heavy atom. The average Bonchev–Trinajstić information content (AvgIpc) is 3.06. The molecule has 3 heteroatoms. The Bertz CT molecular complexity index is 621. The van der Waals surface area contributed by atoms with Crippen molar-refractivity contribution in [2.45, 2.75) is 63.6 Å². The lowest BCUT2D eigenvalue weighted by Crippen LogP contribution is -2.88. The molecule has 2 N–H and O–H groups in total. The highest BCUT2D eigenvalue weighted by Crippen LogP contribution is 2.44. The van der Waals surface area contributed by atoms with Crippen LogP contribution in [0.2, 0.25) is 0 Å². The first-order valence-electron chi connectivity index (χ1n) is 9.04. The van der Waals surface area contributed by atoms with Crippen molar-refractivity contribution in [3.05, 3.63) is 60.1 Å². The number of nitrogens with two attached hydrogens (primary N) is 1. The first-order chi connectivity index (χ1) is 11.5. The molecule has 1 fully saturated rings. The quantitative estimate of drug-likeness (QED) is 0.879. The van der Waals surface area contributed by atoms with Gasteiger partial charge in [-0.25, -0.2) is 0 Å². The maximum Gasteiger partial charge on any atom is 0.157 e. The Balaban J connectivity index is 1.75. The van der Waals surface area contributed by atoms with Gasteiger partial charge in [-0.15, -0.1) is 0 Å². The van der Waals surface area contributed by atoms with Crippen molar-refractivity contribution in [1.82, 2.24) is 0 Å². The second kappa shape index (κ2) is 7.12. The predicted molar refractivity (Wildman–Crippen MR) is 95.8 cm³/mol. The Morgan fingerprint density at radius 3 is 2.58 bits per heavy atom. The molecule has 0 unspecified atom stereocenters. The molecule has 2 aromatic rings. The fraction of sp³-hybridized carbons (Fsp3) is 0.524. The van der Waals surface area contributed by atoms with Crippen LogP contribution in [0.4, 0.5) is 0 Å². The van der Waals surface area contributed by atoms with Gasteiger partial charge in [-0.2, -0.15) is 0 Å². The average molecular weight is 328 g/mol. The van der Waals surface area contributed by atoms with Crippen LogP contribution in [0.5, 0.6) is 0 Å². The lowest BCUT2D eigenvalue weighted by atomic mass is 9.66. The van der Waals surface area contributed by atoms with Gasteiger partial charge in [-0.05, 0) is 51.3 Å². The van der Waals surface area contributed by atoms with E-state index in [1.807, 2.05) is 12.1 Å². The zero-order valence-electron chi connectivity index (χ0n) is 15.1. The molecule has 1 saturated heterocycles. The molecule has 24 heavy (non-hydrogen) atoms.